The molecule has 1 aliphatic heterocycles. The number of hydrogen-bond acceptors (Lipinski definition) is 5. The molecule has 1 heterocycles. The highest BCUT2D eigenvalue weighted by Crippen LogP contribution is 2.28. The van der Waals surface area contributed by atoms with Gasteiger partial charge in [0, 0.05) is 18.8 Å². The van der Waals surface area contributed by atoms with Gasteiger partial charge in [-0.25, -0.2) is 9.18 Å². The van der Waals surface area contributed by atoms with E-state index in [0.717, 1.165) is 6.07 Å². The zero-order chi connectivity index (χ0) is 14.9. The summed E-state index contributed by atoms with van der Waals surface area (Å²) in [6.07, 6.45) is -0.00504. The van der Waals surface area contributed by atoms with Gasteiger partial charge >= 0.3 is 5.97 Å². The first kappa shape index (κ1) is 14.6. The molecule has 1 aliphatic rings. The maximum atomic E-state index is 14.1. The Morgan fingerprint density at radius 2 is 2.00 bits per heavy atom. The number of nitrogens with two attached hydrogens (primary N) is 1. The monoisotopic (exact) mass is 282 g/mol. The van der Waals surface area contributed by atoms with Gasteiger partial charge in [0.1, 0.15) is 5.82 Å². The molecule has 1 saturated heterocycles. The van der Waals surface area contributed by atoms with Crippen molar-refractivity contribution in [1.29, 1.82) is 0 Å². The molecular formula is C14H19FN2O3. The van der Waals surface area contributed by atoms with Crippen molar-refractivity contribution in [1.82, 2.24) is 0 Å². The summed E-state index contributed by atoms with van der Waals surface area (Å²) in [7, 11) is 1.27. The van der Waals surface area contributed by atoms with E-state index in [1.54, 1.807) is 0 Å². The average Bonchev–Trinajstić information content (AvgIpc) is 2.36. The Labute approximate surface area is 117 Å². The van der Waals surface area contributed by atoms with Crippen LogP contribution in [-0.2, 0) is 9.47 Å². The molecule has 1 fully saturated rings. The van der Waals surface area contributed by atoms with Crippen LogP contribution in [0.25, 0.3) is 0 Å². The molecule has 2 N–H and O–H groups in total. The molecule has 0 aromatic heterocycles. The highest BCUT2D eigenvalue weighted by molar-refractivity contribution is 5.96. The first-order chi connectivity index (χ1) is 9.42. The van der Waals surface area contributed by atoms with Crippen LogP contribution in [0.1, 0.15) is 24.2 Å². The number of rotatable bonds is 2. The van der Waals surface area contributed by atoms with Crippen molar-refractivity contribution in [3.8, 4) is 0 Å². The lowest BCUT2D eigenvalue weighted by Gasteiger charge is -2.37. The van der Waals surface area contributed by atoms with E-state index in [1.807, 2.05) is 18.7 Å². The van der Waals surface area contributed by atoms with Crippen LogP contribution in [-0.4, -0.2) is 38.4 Å². The van der Waals surface area contributed by atoms with Gasteiger partial charge in [0.05, 0.1) is 30.6 Å². The second-order valence-electron chi connectivity index (χ2n) is 5.04. The van der Waals surface area contributed by atoms with Crippen LogP contribution < -0.4 is 10.6 Å². The fourth-order valence-corrected chi connectivity index (χ4v) is 2.48. The molecule has 2 unspecified atom stereocenters. The molecule has 0 spiro atoms. The second kappa shape index (κ2) is 5.66. The third-order valence-corrected chi connectivity index (χ3v) is 3.28. The molecule has 6 heteroatoms. The van der Waals surface area contributed by atoms with Gasteiger partial charge in [-0.2, -0.15) is 0 Å². The molecule has 0 amide bonds. The summed E-state index contributed by atoms with van der Waals surface area (Å²) in [6, 6.07) is 2.60. The predicted octanol–water partition coefficient (Wildman–Crippen LogP) is 1.81. The molecule has 1 aromatic carbocycles. The van der Waals surface area contributed by atoms with Crippen molar-refractivity contribution in [3.05, 3.63) is 23.5 Å². The number of benzene rings is 1. The number of methoxy groups -OCH3 is 1. The van der Waals surface area contributed by atoms with Gasteiger partial charge in [-0.05, 0) is 26.0 Å². The third-order valence-electron chi connectivity index (χ3n) is 3.28. The molecule has 0 aliphatic carbocycles. The van der Waals surface area contributed by atoms with Crippen LogP contribution in [0.5, 0.6) is 0 Å². The Morgan fingerprint density at radius 3 is 2.55 bits per heavy atom. The maximum absolute atomic E-state index is 14.1. The van der Waals surface area contributed by atoms with Gasteiger partial charge in [0.25, 0.3) is 0 Å². The van der Waals surface area contributed by atoms with Gasteiger partial charge in [-0.1, -0.05) is 0 Å². The standard InChI is InChI=1S/C14H19FN2O3/c1-8-6-17(7-9(2)20-8)13-4-10(14(18)19-3)12(16)5-11(13)15/h4-5,8-9H,6-7,16H2,1-3H3. The van der Waals surface area contributed by atoms with Crippen LogP contribution in [0.3, 0.4) is 0 Å². The van der Waals surface area contributed by atoms with E-state index in [4.69, 9.17) is 10.5 Å². The minimum Gasteiger partial charge on any atom is -0.465 e. The summed E-state index contributed by atoms with van der Waals surface area (Å²) in [5.41, 5.74) is 6.27. The van der Waals surface area contributed by atoms with Crippen LogP contribution >= 0.6 is 0 Å². The topological polar surface area (TPSA) is 64.8 Å². The fourth-order valence-electron chi connectivity index (χ4n) is 2.48. The van der Waals surface area contributed by atoms with Gasteiger partial charge in [-0.15, -0.1) is 0 Å². The minimum absolute atomic E-state index is 0.00252. The zero-order valence-corrected chi connectivity index (χ0v) is 11.9. The summed E-state index contributed by atoms with van der Waals surface area (Å²) in [5.74, 6) is -1.02. The van der Waals surface area contributed by atoms with Gasteiger partial charge in [-0.3, -0.25) is 0 Å². The Hall–Kier alpha value is -1.82. The highest BCUT2D eigenvalue weighted by atomic mass is 19.1. The highest BCUT2D eigenvalue weighted by Gasteiger charge is 2.26. The van der Waals surface area contributed by atoms with E-state index < -0.39 is 11.8 Å². The number of ether oxygens (including phenoxy) is 2. The average molecular weight is 282 g/mol. The van der Waals surface area contributed by atoms with Crippen molar-refractivity contribution in [2.24, 2.45) is 0 Å². The summed E-state index contributed by atoms with van der Waals surface area (Å²) in [5, 5.41) is 0. The van der Waals surface area contributed by atoms with Crippen LogP contribution in [0.15, 0.2) is 12.1 Å². The van der Waals surface area contributed by atoms with E-state index in [9.17, 15) is 9.18 Å². The molecular weight excluding hydrogens is 263 g/mol. The maximum Gasteiger partial charge on any atom is 0.340 e. The van der Waals surface area contributed by atoms with Crippen molar-refractivity contribution in [2.45, 2.75) is 26.1 Å². The Morgan fingerprint density at radius 1 is 1.40 bits per heavy atom. The van der Waals surface area contributed by atoms with Gasteiger partial charge in [0.15, 0.2) is 0 Å². The van der Waals surface area contributed by atoms with Gasteiger partial charge < -0.3 is 20.1 Å². The van der Waals surface area contributed by atoms with E-state index in [2.05, 4.69) is 4.74 Å². The molecule has 2 rings (SSSR count). The molecule has 0 bridgehead atoms. The van der Waals surface area contributed by atoms with E-state index >= 15 is 0 Å². The number of esters is 1. The van der Waals surface area contributed by atoms with E-state index in [1.165, 1.54) is 13.2 Å². The number of nitrogen functional groups attached to an aromatic ring is 1. The number of nitrogens with zero attached hydrogens (tertiary/aromatic N) is 1. The molecule has 5 nitrogen and oxygen atoms in total. The largest absolute Gasteiger partial charge is 0.465 e. The van der Waals surface area contributed by atoms with Crippen LogP contribution in [0.4, 0.5) is 15.8 Å². The van der Waals surface area contributed by atoms with Crippen molar-refractivity contribution in [2.75, 3.05) is 30.8 Å². The summed E-state index contributed by atoms with van der Waals surface area (Å²) in [4.78, 5) is 13.5. The van der Waals surface area contributed by atoms with Crippen LogP contribution in [0.2, 0.25) is 0 Å². The predicted molar refractivity (Wildman–Crippen MR) is 74.4 cm³/mol. The third kappa shape index (κ3) is 2.85. The SMILES string of the molecule is COC(=O)c1cc(N2CC(C)OC(C)C2)c(F)cc1N. The molecule has 0 radical (unpaired) electrons. The lowest BCUT2D eigenvalue weighted by molar-refractivity contribution is -0.00539. The number of hydrogen-bond donors (Lipinski definition) is 1. The number of carbonyl (C=O) groups excluding carboxylic acids is 1. The van der Waals surface area contributed by atoms with Crippen LogP contribution in [0, 0.1) is 5.82 Å². The number of carbonyl (C=O) groups is 1. The van der Waals surface area contributed by atoms with Crippen molar-refractivity contribution in [3.63, 3.8) is 0 Å². The lowest BCUT2D eigenvalue weighted by atomic mass is 10.1. The summed E-state index contributed by atoms with van der Waals surface area (Å²) in [6.45, 7) is 4.98. The molecule has 20 heavy (non-hydrogen) atoms. The number of morpholine rings is 1. The summed E-state index contributed by atoms with van der Waals surface area (Å²) >= 11 is 0. The zero-order valence-electron chi connectivity index (χ0n) is 11.9. The molecule has 0 saturated carbocycles. The van der Waals surface area contributed by atoms with E-state index in [-0.39, 0.29) is 23.5 Å². The number of anilines is 2. The van der Waals surface area contributed by atoms with E-state index in [0.29, 0.717) is 18.8 Å². The second-order valence-corrected chi connectivity index (χ2v) is 5.04. The Kier molecular flexibility index (Phi) is 4.13. The van der Waals surface area contributed by atoms with Crippen molar-refractivity contribution < 1.29 is 18.7 Å². The Bertz CT molecular complexity index is 511. The lowest BCUT2D eigenvalue weighted by Crippen LogP contribution is -2.45. The van der Waals surface area contributed by atoms with Gasteiger partial charge in [0.2, 0.25) is 0 Å². The molecule has 1 aromatic rings. The quantitative estimate of drug-likeness (QED) is 0.662. The summed E-state index contributed by atoms with van der Waals surface area (Å²) < 4.78 is 24.4. The smallest absolute Gasteiger partial charge is 0.340 e. The number of halogens is 1. The fraction of sp³-hybridized carbons (Fsp3) is 0.500. The molecule has 2 atom stereocenters. The first-order valence-corrected chi connectivity index (χ1v) is 6.50. The molecule has 110 valence electrons. The Balaban J connectivity index is 2.38. The first-order valence-electron chi connectivity index (χ1n) is 6.50. The normalized spacial score (nSPS) is 22.7. The van der Waals surface area contributed by atoms with Crippen molar-refractivity contribution >= 4 is 17.3 Å². The minimum atomic E-state index is -0.571.